The van der Waals surface area contributed by atoms with Gasteiger partial charge in [-0.2, -0.15) is 0 Å². The van der Waals surface area contributed by atoms with Crippen LogP contribution in [0, 0.1) is 18.7 Å². The standard InChI is InChI=1S/C32H39FN6O3/c1-20-29-27(37-30(34)36-20)15-23(25-10-9-24(33)17-26(25)22-8-5-12-35-18-22)16-28(29)38-41-14-11-21-7-6-13-39(19-21)31(40)42-32(2,3)4/h5,8-10,12,17-18,21,23H,6-7,11,13-16,19H2,1-4H3,(H2,34,36,37)/b38-28+/t21-,23?/m0/s1. The van der Waals surface area contributed by atoms with E-state index in [2.05, 4.69) is 20.1 Å². The highest BCUT2D eigenvalue weighted by Crippen LogP contribution is 2.38. The van der Waals surface area contributed by atoms with Gasteiger partial charge in [-0.1, -0.05) is 17.3 Å². The smallest absolute Gasteiger partial charge is 0.410 e. The van der Waals surface area contributed by atoms with E-state index in [1.54, 1.807) is 23.4 Å². The van der Waals surface area contributed by atoms with E-state index >= 15 is 0 Å². The summed E-state index contributed by atoms with van der Waals surface area (Å²) < 4.78 is 20.0. The van der Waals surface area contributed by atoms with Crippen LogP contribution in [0.2, 0.25) is 0 Å². The second kappa shape index (κ2) is 12.4. The molecule has 1 amide bonds. The summed E-state index contributed by atoms with van der Waals surface area (Å²) in [5, 5.41) is 4.60. The van der Waals surface area contributed by atoms with Gasteiger partial charge in [-0.15, -0.1) is 0 Å². The number of fused-ring (bicyclic) bond motifs is 1. The Bertz CT molecular complexity index is 1460. The number of piperidine rings is 1. The molecule has 1 aromatic carbocycles. The first-order valence-corrected chi connectivity index (χ1v) is 14.6. The maximum Gasteiger partial charge on any atom is 0.410 e. The lowest BCUT2D eigenvalue weighted by atomic mass is 9.78. The molecule has 2 aliphatic rings. The number of benzene rings is 1. The van der Waals surface area contributed by atoms with Crippen LogP contribution in [0.25, 0.3) is 11.1 Å². The van der Waals surface area contributed by atoms with E-state index < -0.39 is 5.60 Å². The number of aromatic nitrogens is 3. The molecule has 0 saturated carbocycles. The number of aryl methyl sites for hydroxylation is 1. The van der Waals surface area contributed by atoms with Crippen LogP contribution in [0.5, 0.6) is 0 Å². The number of hydrogen-bond donors (Lipinski definition) is 1. The first-order valence-electron chi connectivity index (χ1n) is 14.6. The average molecular weight is 575 g/mol. The van der Waals surface area contributed by atoms with E-state index in [1.807, 2.05) is 45.9 Å². The van der Waals surface area contributed by atoms with Gasteiger partial charge >= 0.3 is 6.09 Å². The first kappa shape index (κ1) is 29.4. The summed E-state index contributed by atoms with van der Waals surface area (Å²) >= 11 is 0. The van der Waals surface area contributed by atoms with E-state index in [9.17, 15) is 9.18 Å². The van der Waals surface area contributed by atoms with Crippen LogP contribution in [0.4, 0.5) is 15.1 Å². The molecule has 9 nitrogen and oxygen atoms in total. The Labute approximate surface area is 246 Å². The molecule has 1 saturated heterocycles. The number of likely N-dealkylation sites (tertiary alicyclic amines) is 1. The Morgan fingerprint density at radius 1 is 1.21 bits per heavy atom. The SMILES string of the molecule is Cc1nc(N)nc2c1/C(=N/OCC[C@@H]1CCCN(C(=O)OC(C)(C)C)C1)CC(c1ccc(F)cc1-c1cccnc1)C2. The normalized spacial score (nSPS) is 19.8. The zero-order chi connectivity index (χ0) is 29.9. The van der Waals surface area contributed by atoms with E-state index in [-0.39, 0.29) is 23.8 Å². The quantitative estimate of drug-likeness (QED) is 0.281. The zero-order valence-electron chi connectivity index (χ0n) is 24.8. The van der Waals surface area contributed by atoms with Crippen LogP contribution in [0.3, 0.4) is 0 Å². The molecule has 3 heterocycles. The van der Waals surface area contributed by atoms with E-state index in [1.165, 1.54) is 6.07 Å². The summed E-state index contributed by atoms with van der Waals surface area (Å²) in [6, 6.07) is 8.65. The van der Waals surface area contributed by atoms with Crippen molar-refractivity contribution < 1.29 is 18.8 Å². The second-order valence-corrected chi connectivity index (χ2v) is 12.2. The van der Waals surface area contributed by atoms with Crippen molar-refractivity contribution in [3.8, 4) is 11.1 Å². The van der Waals surface area contributed by atoms with E-state index in [0.29, 0.717) is 38.5 Å². The highest BCUT2D eigenvalue weighted by Gasteiger charge is 2.31. The summed E-state index contributed by atoms with van der Waals surface area (Å²) in [5.74, 6) is 0.195. The molecule has 1 aliphatic carbocycles. The number of amides is 1. The first-order chi connectivity index (χ1) is 20.1. The molecule has 3 aromatic rings. The highest BCUT2D eigenvalue weighted by molar-refractivity contribution is 6.03. The van der Waals surface area contributed by atoms with Crippen molar-refractivity contribution in [2.75, 3.05) is 25.4 Å². The lowest BCUT2D eigenvalue weighted by Gasteiger charge is -2.34. The average Bonchev–Trinajstić information content (AvgIpc) is 2.94. The molecule has 1 unspecified atom stereocenters. The van der Waals surface area contributed by atoms with Crippen LogP contribution in [-0.4, -0.2) is 57.0 Å². The largest absolute Gasteiger partial charge is 0.444 e. The maximum absolute atomic E-state index is 14.4. The van der Waals surface area contributed by atoms with Gasteiger partial charge < -0.3 is 20.2 Å². The van der Waals surface area contributed by atoms with Crippen molar-refractivity contribution in [2.45, 2.75) is 71.3 Å². The summed E-state index contributed by atoms with van der Waals surface area (Å²) in [6.45, 7) is 9.31. The molecule has 0 radical (unpaired) electrons. The molecular weight excluding hydrogens is 535 g/mol. The van der Waals surface area contributed by atoms with Gasteiger partial charge in [0.25, 0.3) is 0 Å². The van der Waals surface area contributed by atoms with Gasteiger partial charge in [-0.05, 0) is 94.5 Å². The van der Waals surface area contributed by atoms with Gasteiger partial charge in [0.15, 0.2) is 0 Å². The number of oxime groups is 1. The lowest BCUT2D eigenvalue weighted by molar-refractivity contribution is 0.0140. The van der Waals surface area contributed by atoms with Crippen molar-refractivity contribution in [3.05, 3.63) is 71.1 Å². The van der Waals surface area contributed by atoms with E-state index in [4.69, 9.17) is 15.3 Å². The summed E-state index contributed by atoms with van der Waals surface area (Å²) in [5.41, 5.74) is 11.3. The summed E-state index contributed by atoms with van der Waals surface area (Å²) in [6.07, 6.45) is 7.10. The minimum Gasteiger partial charge on any atom is -0.444 e. The second-order valence-electron chi connectivity index (χ2n) is 12.2. The molecule has 2 atom stereocenters. The topological polar surface area (TPSA) is 116 Å². The number of nitrogens with zero attached hydrogens (tertiary/aromatic N) is 5. The van der Waals surface area contributed by atoms with Crippen LogP contribution >= 0.6 is 0 Å². The fraction of sp³-hybridized carbons (Fsp3) is 0.469. The van der Waals surface area contributed by atoms with Gasteiger partial charge in [0.2, 0.25) is 5.95 Å². The number of carbonyl (C=O) groups is 1. The Kier molecular flexibility index (Phi) is 8.70. The summed E-state index contributed by atoms with van der Waals surface area (Å²) in [7, 11) is 0. The number of halogens is 1. The van der Waals surface area contributed by atoms with Crippen LogP contribution in [0.15, 0.2) is 47.9 Å². The number of ether oxygens (including phenoxy) is 1. The van der Waals surface area contributed by atoms with Crippen molar-refractivity contribution in [1.82, 2.24) is 19.9 Å². The van der Waals surface area contributed by atoms with Crippen molar-refractivity contribution >= 4 is 17.8 Å². The van der Waals surface area contributed by atoms with Crippen molar-refractivity contribution in [2.24, 2.45) is 11.1 Å². The fourth-order valence-electron chi connectivity index (χ4n) is 5.92. The fourth-order valence-corrected chi connectivity index (χ4v) is 5.92. The van der Waals surface area contributed by atoms with E-state index in [0.717, 1.165) is 58.6 Å². The third-order valence-corrected chi connectivity index (χ3v) is 7.74. The Morgan fingerprint density at radius 3 is 2.81 bits per heavy atom. The number of nitrogens with two attached hydrogens (primary N) is 1. The maximum atomic E-state index is 14.4. The molecule has 2 aromatic heterocycles. The van der Waals surface area contributed by atoms with Crippen LogP contribution in [0.1, 0.15) is 74.9 Å². The lowest BCUT2D eigenvalue weighted by Crippen LogP contribution is -2.43. The van der Waals surface area contributed by atoms with Gasteiger partial charge in [-0.3, -0.25) is 4.98 Å². The number of nitrogen functional groups attached to an aromatic ring is 1. The zero-order valence-corrected chi connectivity index (χ0v) is 24.8. The van der Waals surface area contributed by atoms with Crippen molar-refractivity contribution in [1.29, 1.82) is 0 Å². The molecule has 42 heavy (non-hydrogen) atoms. The number of rotatable bonds is 6. The molecule has 10 heteroatoms. The molecule has 1 fully saturated rings. The van der Waals surface area contributed by atoms with Gasteiger partial charge in [-0.25, -0.2) is 19.2 Å². The van der Waals surface area contributed by atoms with Crippen molar-refractivity contribution in [3.63, 3.8) is 0 Å². The molecule has 0 spiro atoms. The van der Waals surface area contributed by atoms with Gasteiger partial charge in [0.05, 0.1) is 17.1 Å². The minimum absolute atomic E-state index is 0.0231. The number of pyridine rings is 1. The Hall–Kier alpha value is -4.08. The van der Waals surface area contributed by atoms with Crippen LogP contribution < -0.4 is 5.73 Å². The molecule has 222 valence electrons. The highest BCUT2D eigenvalue weighted by atomic mass is 19.1. The predicted octanol–water partition coefficient (Wildman–Crippen LogP) is 6.06. The predicted molar refractivity (Wildman–Crippen MR) is 160 cm³/mol. The molecule has 5 rings (SSSR count). The summed E-state index contributed by atoms with van der Waals surface area (Å²) in [4.78, 5) is 33.4. The molecule has 0 bridgehead atoms. The molecule has 1 aliphatic heterocycles. The van der Waals surface area contributed by atoms with Crippen LogP contribution in [-0.2, 0) is 16.0 Å². The third kappa shape index (κ3) is 7.03. The molecule has 2 N–H and O–H groups in total. The Morgan fingerprint density at radius 2 is 2.05 bits per heavy atom. The Balaban J connectivity index is 1.33. The third-order valence-electron chi connectivity index (χ3n) is 7.74. The minimum atomic E-state index is -0.517. The number of carbonyl (C=O) groups excluding carboxylic acids is 1. The number of hydrogen-bond acceptors (Lipinski definition) is 8. The van der Waals surface area contributed by atoms with Gasteiger partial charge in [0, 0.05) is 43.0 Å². The monoisotopic (exact) mass is 574 g/mol. The number of anilines is 1. The molecular formula is C32H39FN6O3. The van der Waals surface area contributed by atoms with Gasteiger partial charge in [0.1, 0.15) is 18.0 Å².